The molecule has 0 aliphatic carbocycles. The largest absolute Gasteiger partial charge is 0.478 e. The Morgan fingerprint density at radius 3 is 2.15 bits per heavy atom. The summed E-state index contributed by atoms with van der Waals surface area (Å²) < 4.78 is 13.1. The molecule has 102 valence electrons. The number of aromatic carboxylic acids is 2. The topological polar surface area (TPSA) is 86.6 Å². The second kappa shape index (κ2) is 5.40. The van der Waals surface area contributed by atoms with Gasteiger partial charge in [0.2, 0.25) is 0 Å². The minimum Gasteiger partial charge on any atom is -0.478 e. The molecule has 0 heterocycles. The first-order chi connectivity index (χ1) is 9.49. The summed E-state index contributed by atoms with van der Waals surface area (Å²) in [6.07, 6.45) is 0. The van der Waals surface area contributed by atoms with E-state index in [2.05, 4.69) is 5.32 Å². The summed E-state index contributed by atoms with van der Waals surface area (Å²) in [5.41, 5.74) is 0.0695. The standard InChI is InChI=1S/C14H10FNO4/c15-8-5-6-12(10(7-8)14(19)20)16-11-4-2-1-3-9(11)13(17)18/h1-7,16H,(H,17,18)(H,19,20). The lowest BCUT2D eigenvalue weighted by Gasteiger charge is -2.11. The van der Waals surface area contributed by atoms with Crippen LogP contribution in [-0.2, 0) is 0 Å². The maximum absolute atomic E-state index is 13.1. The summed E-state index contributed by atoms with van der Waals surface area (Å²) in [6.45, 7) is 0. The van der Waals surface area contributed by atoms with E-state index in [1.807, 2.05) is 0 Å². The average Bonchev–Trinajstić information content (AvgIpc) is 2.41. The first-order valence-corrected chi connectivity index (χ1v) is 5.61. The van der Waals surface area contributed by atoms with Crippen molar-refractivity contribution in [3.8, 4) is 0 Å². The van der Waals surface area contributed by atoms with Gasteiger partial charge in [-0.25, -0.2) is 14.0 Å². The van der Waals surface area contributed by atoms with E-state index >= 15 is 0 Å². The average molecular weight is 275 g/mol. The Balaban J connectivity index is 2.45. The van der Waals surface area contributed by atoms with Crippen molar-refractivity contribution in [2.45, 2.75) is 0 Å². The van der Waals surface area contributed by atoms with Gasteiger partial charge in [0.25, 0.3) is 0 Å². The van der Waals surface area contributed by atoms with Crippen molar-refractivity contribution >= 4 is 23.3 Å². The molecule has 3 N–H and O–H groups in total. The van der Waals surface area contributed by atoms with Gasteiger partial charge in [0, 0.05) is 0 Å². The number of hydrogen-bond donors (Lipinski definition) is 3. The highest BCUT2D eigenvalue weighted by Crippen LogP contribution is 2.24. The van der Waals surface area contributed by atoms with Gasteiger partial charge in [0.1, 0.15) is 5.82 Å². The van der Waals surface area contributed by atoms with Crippen LogP contribution in [0.25, 0.3) is 0 Å². The molecule has 20 heavy (non-hydrogen) atoms. The van der Waals surface area contributed by atoms with E-state index in [4.69, 9.17) is 10.2 Å². The highest BCUT2D eigenvalue weighted by molar-refractivity contribution is 5.98. The minimum absolute atomic E-state index is 0.00633. The van der Waals surface area contributed by atoms with Crippen LogP contribution in [-0.4, -0.2) is 22.2 Å². The Morgan fingerprint density at radius 1 is 0.900 bits per heavy atom. The van der Waals surface area contributed by atoms with Crippen LogP contribution in [0.5, 0.6) is 0 Å². The predicted octanol–water partition coefficient (Wildman–Crippen LogP) is 2.97. The van der Waals surface area contributed by atoms with E-state index in [1.54, 1.807) is 12.1 Å². The van der Waals surface area contributed by atoms with Gasteiger partial charge < -0.3 is 15.5 Å². The van der Waals surface area contributed by atoms with Gasteiger partial charge in [0.15, 0.2) is 0 Å². The second-order valence-electron chi connectivity index (χ2n) is 3.97. The Kier molecular flexibility index (Phi) is 3.65. The lowest BCUT2D eigenvalue weighted by Crippen LogP contribution is -2.06. The number of hydrogen-bond acceptors (Lipinski definition) is 3. The molecule has 0 aliphatic rings. The van der Waals surface area contributed by atoms with Crippen LogP contribution in [0.3, 0.4) is 0 Å². The number of carboxylic acid groups (broad SMARTS) is 2. The number of carboxylic acids is 2. The molecule has 0 bridgehead atoms. The van der Waals surface area contributed by atoms with Gasteiger partial charge in [-0.3, -0.25) is 0 Å². The first kappa shape index (κ1) is 13.5. The highest BCUT2D eigenvalue weighted by atomic mass is 19.1. The monoisotopic (exact) mass is 275 g/mol. The summed E-state index contributed by atoms with van der Waals surface area (Å²) in [5.74, 6) is -3.13. The maximum atomic E-state index is 13.1. The van der Waals surface area contributed by atoms with Crippen molar-refractivity contribution in [3.05, 3.63) is 59.4 Å². The third-order valence-electron chi connectivity index (χ3n) is 2.64. The normalized spacial score (nSPS) is 10.1. The van der Waals surface area contributed by atoms with E-state index in [-0.39, 0.29) is 22.5 Å². The van der Waals surface area contributed by atoms with Crippen LogP contribution < -0.4 is 5.32 Å². The van der Waals surface area contributed by atoms with Gasteiger partial charge in [-0.15, -0.1) is 0 Å². The van der Waals surface area contributed by atoms with Crippen molar-refractivity contribution in [3.63, 3.8) is 0 Å². The molecule has 0 saturated carbocycles. The molecule has 0 radical (unpaired) electrons. The van der Waals surface area contributed by atoms with E-state index in [1.165, 1.54) is 18.2 Å². The van der Waals surface area contributed by atoms with Crippen molar-refractivity contribution < 1.29 is 24.2 Å². The van der Waals surface area contributed by atoms with Crippen molar-refractivity contribution in [1.82, 2.24) is 0 Å². The van der Waals surface area contributed by atoms with Crippen LogP contribution in [0.4, 0.5) is 15.8 Å². The van der Waals surface area contributed by atoms with Crippen LogP contribution in [0.15, 0.2) is 42.5 Å². The SMILES string of the molecule is O=C(O)c1ccccc1Nc1ccc(F)cc1C(=O)O. The molecule has 0 spiro atoms. The van der Waals surface area contributed by atoms with Gasteiger partial charge in [0.05, 0.1) is 22.5 Å². The molecule has 2 rings (SSSR count). The number of anilines is 2. The van der Waals surface area contributed by atoms with Gasteiger partial charge in [-0.05, 0) is 30.3 Å². The predicted molar refractivity (Wildman–Crippen MR) is 70.0 cm³/mol. The molecule has 6 heteroatoms. The van der Waals surface area contributed by atoms with Crippen LogP contribution in [0, 0.1) is 5.82 Å². The fourth-order valence-electron chi connectivity index (χ4n) is 1.73. The molecule has 0 atom stereocenters. The molecule has 2 aromatic carbocycles. The molecular weight excluding hydrogens is 265 g/mol. The number of carbonyl (C=O) groups is 2. The quantitative estimate of drug-likeness (QED) is 0.798. The number of para-hydroxylation sites is 1. The Labute approximate surface area is 113 Å². The smallest absolute Gasteiger partial charge is 0.337 e. The molecule has 0 fully saturated rings. The molecule has 0 saturated heterocycles. The number of halogens is 1. The van der Waals surface area contributed by atoms with E-state index < -0.39 is 17.8 Å². The summed E-state index contributed by atoms with van der Waals surface area (Å²) in [4.78, 5) is 22.1. The zero-order valence-corrected chi connectivity index (χ0v) is 10.1. The highest BCUT2D eigenvalue weighted by Gasteiger charge is 2.14. The zero-order chi connectivity index (χ0) is 14.7. The van der Waals surface area contributed by atoms with Crippen LogP contribution >= 0.6 is 0 Å². The molecule has 0 amide bonds. The fourth-order valence-corrected chi connectivity index (χ4v) is 1.73. The molecule has 0 aromatic heterocycles. The van der Waals surface area contributed by atoms with Crippen molar-refractivity contribution in [2.24, 2.45) is 0 Å². The minimum atomic E-state index is -1.31. The lowest BCUT2D eigenvalue weighted by atomic mass is 10.1. The van der Waals surface area contributed by atoms with Gasteiger partial charge >= 0.3 is 11.9 Å². The van der Waals surface area contributed by atoms with Crippen LogP contribution in [0.1, 0.15) is 20.7 Å². The fraction of sp³-hybridized carbons (Fsp3) is 0. The molecule has 0 aliphatic heterocycles. The Morgan fingerprint density at radius 2 is 1.50 bits per heavy atom. The zero-order valence-electron chi connectivity index (χ0n) is 10.1. The molecule has 5 nitrogen and oxygen atoms in total. The third kappa shape index (κ3) is 2.74. The lowest BCUT2D eigenvalue weighted by molar-refractivity contribution is 0.0687. The first-order valence-electron chi connectivity index (χ1n) is 5.61. The number of benzene rings is 2. The number of nitrogens with one attached hydrogen (secondary N) is 1. The summed E-state index contributed by atoms with van der Waals surface area (Å²) in [7, 11) is 0. The molecule has 0 unspecified atom stereocenters. The maximum Gasteiger partial charge on any atom is 0.337 e. The Hall–Kier alpha value is -2.89. The molecular formula is C14H10FNO4. The van der Waals surface area contributed by atoms with Crippen LogP contribution in [0.2, 0.25) is 0 Å². The van der Waals surface area contributed by atoms with Crippen molar-refractivity contribution in [2.75, 3.05) is 5.32 Å². The Bertz CT molecular complexity index is 685. The number of rotatable bonds is 4. The van der Waals surface area contributed by atoms with Crippen molar-refractivity contribution in [1.29, 1.82) is 0 Å². The summed E-state index contributed by atoms with van der Waals surface area (Å²) >= 11 is 0. The van der Waals surface area contributed by atoms with E-state index in [0.717, 1.165) is 12.1 Å². The van der Waals surface area contributed by atoms with Gasteiger partial charge in [-0.2, -0.15) is 0 Å². The third-order valence-corrected chi connectivity index (χ3v) is 2.64. The summed E-state index contributed by atoms with van der Waals surface area (Å²) in [5, 5.41) is 20.8. The second-order valence-corrected chi connectivity index (χ2v) is 3.97. The van der Waals surface area contributed by atoms with E-state index in [9.17, 15) is 14.0 Å². The van der Waals surface area contributed by atoms with E-state index in [0.29, 0.717) is 0 Å². The summed E-state index contributed by atoms with van der Waals surface area (Å²) in [6, 6.07) is 9.26. The van der Waals surface area contributed by atoms with Gasteiger partial charge in [-0.1, -0.05) is 12.1 Å². The molecule has 2 aromatic rings.